The van der Waals surface area contributed by atoms with Gasteiger partial charge in [0.15, 0.2) is 0 Å². The standard InChI is InChI=1S/C14H25NO2/c1-11-3-2-6-14(7-11,10-15-12-4-5-12)17-13-8-16-9-13/h11-13,15H,2-10H2,1H3. The van der Waals surface area contributed by atoms with Crippen LogP contribution in [0.3, 0.4) is 0 Å². The van der Waals surface area contributed by atoms with E-state index in [-0.39, 0.29) is 5.60 Å². The van der Waals surface area contributed by atoms with E-state index in [4.69, 9.17) is 9.47 Å². The van der Waals surface area contributed by atoms with Crippen LogP contribution < -0.4 is 5.32 Å². The highest BCUT2D eigenvalue weighted by atomic mass is 16.6. The Morgan fingerprint density at radius 2 is 2.12 bits per heavy atom. The predicted molar refractivity (Wildman–Crippen MR) is 67.1 cm³/mol. The zero-order valence-corrected chi connectivity index (χ0v) is 10.9. The third kappa shape index (κ3) is 3.01. The van der Waals surface area contributed by atoms with Gasteiger partial charge in [-0.1, -0.05) is 19.8 Å². The molecule has 1 aliphatic heterocycles. The molecule has 0 spiro atoms. The smallest absolute Gasteiger partial charge is 0.105 e. The Morgan fingerprint density at radius 1 is 1.29 bits per heavy atom. The summed E-state index contributed by atoms with van der Waals surface area (Å²) in [5, 5.41) is 3.68. The van der Waals surface area contributed by atoms with Crippen molar-refractivity contribution in [3.05, 3.63) is 0 Å². The summed E-state index contributed by atoms with van der Waals surface area (Å²) < 4.78 is 11.6. The van der Waals surface area contributed by atoms with E-state index in [0.29, 0.717) is 6.10 Å². The first-order chi connectivity index (χ1) is 8.26. The van der Waals surface area contributed by atoms with Gasteiger partial charge in [-0.2, -0.15) is 0 Å². The highest BCUT2D eigenvalue weighted by Crippen LogP contribution is 2.37. The maximum Gasteiger partial charge on any atom is 0.105 e. The van der Waals surface area contributed by atoms with E-state index >= 15 is 0 Å². The SMILES string of the molecule is CC1CCCC(CNC2CC2)(OC2COC2)C1. The van der Waals surface area contributed by atoms with Crippen molar-refractivity contribution in [3.63, 3.8) is 0 Å². The van der Waals surface area contributed by atoms with Crippen LogP contribution in [0.25, 0.3) is 0 Å². The second-order valence-corrected chi connectivity index (χ2v) is 6.32. The van der Waals surface area contributed by atoms with E-state index in [2.05, 4.69) is 12.2 Å². The van der Waals surface area contributed by atoms with Gasteiger partial charge in [-0.15, -0.1) is 0 Å². The van der Waals surface area contributed by atoms with Crippen LogP contribution in [-0.4, -0.2) is 37.5 Å². The summed E-state index contributed by atoms with van der Waals surface area (Å²) in [6.07, 6.45) is 8.23. The van der Waals surface area contributed by atoms with E-state index in [0.717, 1.165) is 31.7 Å². The molecule has 98 valence electrons. The zero-order chi connectivity index (χ0) is 11.7. The number of ether oxygens (including phenoxy) is 2. The molecule has 17 heavy (non-hydrogen) atoms. The minimum atomic E-state index is 0.106. The summed E-state index contributed by atoms with van der Waals surface area (Å²) in [6.45, 7) is 5.03. The summed E-state index contributed by atoms with van der Waals surface area (Å²) in [5.41, 5.74) is 0.106. The van der Waals surface area contributed by atoms with E-state index in [1.165, 1.54) is 38.5 Å². The molecule has 0 radical (unpaired) electrons. The molecule has 3 nitrogen and oxygen atoms in total. The van der Waals surface area contributed by atoms with Crippen LogP contribution in [0.2, 0.25) is 0 Å². The highest BCUT2D eigenvalue weighted by molar-refractivity contribution is 4.93. The van der Waals surface area contributed by atoms with Crippen LogP contribution in [0.5, 0.6) is 0 Å². The molecule has 2 aliphatic carbocycles. The molecule has 3 rings (SSSR count). The van der Waals surface area contributed by atoms with Gasteiger partial charge in [0.05, 0.1) is 18.8 Å². The number of nitrogens with one attached hydrogen (secondary N) is 1. The maximum atomic E-state index is 6.38. The molecule has 1 N–H and O–H groups in total. The van der Waals surface area contributed by atoms with Crippen molar-refractivity contribution in [2.45, 2.75) is 63.2 Å². The summed E-state index contributed by atoms with van der Waals surface area (Å²) in [4.78, 5) is 0. The number of hydrogen-bond acceptors (Lipinski definition) is 3. The third-order valence-electron chi connectivity index (χ3n) is 4.36. The predicted octanol–water partition coefficient (Wildman–Crippen LogP) is 2.10. The first-order valence-electron chi connectivity index (χ1n) is 7.25. The Balaban J connectivity index is 1.59. The lowest BCUT2D eigenvalue weighted by atomic mass is 9.78. The van der Waals surface area contributed by atoms with Crippen molar-refractivity contribution in [1.82, 2.24) is 5.32 Å². The lowest BCUT2D eigenvalue weighted by Crippen LogP contribution is -2.52. The fraction of sp³-hybridized carbons (Fsp3) is 1.00. The zero-order valence-electron chi connectivity index (χ0n) is 10.9. The lowest BCUT2D eigenvalue weighted by molar-refractivity contribution is -0.204. The van der Waals surface area contributed by atoms with Gasteiger partial charge in [0.1, 0.15) is 6.10 Å². The van der Waals surface area contributed by atoms with Crippen molar-refractivity contribution >= 4 is 0 Å². The first kappa shape index (κ1) is 11.9. The summed E-state index contributed by atoms with van der Waals surface area (Å²) in [5.74, 6) is 0.811. The van der Waals surface area contributed by atoms with Gasteiger partial charge < -0.3 is 14.8 Å². The molecule has 3 fully saturated rings. The molecular formula is C14H25NO2. The van der Waals surface area contributed by atoms with Crippen LogP contribution in [0.4, 0.5) is 0 Å². The Bertz CT molecular complexity index is 263. The largest absolute Gasteiger partial charge is 0.376 e. The average molecular weight is 239 g/mol. The molecule has 0 aromatic rings. The van der Waals surface area contributed by atoms with Crippen molar-refractivity contribution in [3.8, 4) is 0 Å². The van der Waals surface area contributed by atoms with Crippen molar-refractivity contribution in [2.75, 3.05) is 19.8 Å². The molecule has 2 unspecified atom stereocenters. The molecule has 0 bridgehead atoms. The Kier molecular flexibility index (Phi) is 3.42. The van der Waals surface area contributed by atoms with Gasteiger partial charge in [0.2, 0.25) is 0 Å². The fourth-order valence-electron chi connectivity index (χ4n) is 3.17. The molecule has 3 heteroatoms. The molecule has 1 heterocycles. The minimum Gasteiger partial charge on any atom is -0.376 e. The second kappa shape index (κ2) is 4.87. The molecule has 2 saturated carbocycles. The van der Waals surface area contributed by atoms with Crippen LogP contribution in [0.1, 0.15) is 45.4 Å². The van der Waals surface area contributed by atoms with Crippen molar-refractivity contribution in [2.24, 2.45) is 5.92 Å². The third-order valence-corrected chi connectivity index (χ3v) is 4.36. The van der Waals surface area contributed by atoms with Gasteiger partial charge in [-0.05, 0) is 31.6 Å². The van der Waals surface area contributed by atoms with E-state index in [1.807, 2.05) is 0 Å². The normalized spacial score (nSPS) is 39.0. The van der Waals surface area contributed by atoms with E-state index in [9.17, 15) is 0 Å². The summed E-state index contributed by atoms with van der Waals surface area (Å²) in [7, 11) is 0. The molecule has 2 atom stereocenters. The summed E-state index contributed by atoms with van der Waals surface area (Å²) in [6, 6.07) is 0.783. The number of rotatable bonds is 5. The van der Waals surface area contributed by atoms with Crippen molar-refractivity contribution < 1.29 is 9.47 Å². The van der Waals surface area contributed by atoms with Gasteiger partial charge in [-0.3, -0.25) is 0 Å². The quantitative estimate of drug-likeness (QED) is 0.797. The summed E-state index contributed by atoms with van der Waals surface area (Å²) >= 11 is 0. The molecule has 1 saturated heterocycles. The Hall–Kier alpha value is -0.120. The topological polar surface area (TPSA) is 30.5 Å². The van der Waals surface area contributed by atoms with Crippen LogP contribution in [-0.2, 0) is 9.47 Å². The van der Waals surface area contributed by atoms with Gasteiger partial charge in [0, 0.05) is 12.6 Å². The van der Waals surface area contributed by atoms with Crippen LogP contribution in [0.15, 0.2) is 0 Å². The molecule has 0 amide bonds. The fourth-order valence-corrected chi connectivity index (χ4v) is 3.17. The van der Waals surface area contributed by atoms with Gasteiger partial charge in [-0.25, -0.2) is 0 Å². The molecule has 0 aromatic carbocycles. The Labute approximate surface area is 104 Å². The van der Waals surface area contributed by atoms with Gasteiger partial charge >= 0.3 is 0 Å². The minimum absolute atomic E-state index is 0.106. The maximum absolute atomic E-state index is 6.38. The van der Waals surface area contributed by atoms with Crippen LogP contribution >= 0.6 is 0 Å². The van der Waals surface area contributed by atoms with Gasteiger partial charge in [0.25, 0.3) is 0 Å². The first-order valence-corrected chi connectivity index (χ1v) is 7.25. The van der Waals surface area contributed by atoms with Crippen molar-refractivity contribution in [1.29, 1.82) is 0 Å². The number of hydrogen-bond donors (Lipinski definition) is 1. The second-order valence-electron chi connectivity index (χ2n) is 6.32. The molecule has 3 aliphatic rings. The van der Waals surface area contributed by atoms with E-state index < -0.39 is 0 Å². The Morgan fingerprint density at radius 3 is 2.71 bits per heavy atom. The highest BCUT2D eigenvalue weighted by Gasteiger charge is 2.40. The molecule has 0 aromatic heterocycles. The van der Waals surface area contributed by atoms with Crippen LogP contribution in [0, 0.1) is 5.92 Å². The lowest BCUT2D eigenvalue weighted by Gasteiger charge is -2.44. The van der Waals surface area contributed by atoms with E-state index in [1.54, 1.807) is 0 Å². The molecular weight excluding hydrogens is 214 g/mol. The average Bonchev–Trinajstić information content (AvgIpc) is 3.05. The monoisotopic (exact) mass is 239 g/mol.